The van der Waals surface area contributed by atoms with Crippen LogP contribution in [0.2, 0.25) is 0 Å². The zero-order valence-corrected chi connectivity index (χ0v) is 17.9. The molecule has 4 N–H and O–H groups in total. The Bertz CT molecular complexity index is 1200. The Kier molecular flexibility index (Phi) is 6.54. The van der Waals surface area contributed by atoms with Crippen LogP contribution in [0.25, 0.3) is 11.1 Å². The number of amides is 3. The number of aliphatic carboxylic acids is 1. The van der Waals surface area contributed by atoms with Crippen molar-refractivity contribution in [3.63, 3.8) is 0 Å². The summed E-state index contributed by atoms with van der Waals surface area (Å²) in [6, 6.07) is 22.5. The lowest BCUT2D eigenvalue weighted by atomic mass is 9.98. The highest BCUT2D eigenvalue weighted by atomic mass is 16.6. The zero-order valence-electron chi connectivity index (χ0n) is 17.9. The molecule has 0 radical (unpaired) electrons. The Morgan fingerprint density at radius 1 is 0.794 bits per heavy atom. The average molecular weight is 459 g/mol. The molecule has 0 aliphatic heterocycles. The fraction of sp³-hybridized carbons (Fsp3) is 0.120. The number of fused-ring (bicyclic) bond motifs is 3. The molecule has 0 aromatic heterocycles. The first-order chi connectivity index (χ1) is 16.5. The predicted molar refractivity (Wildman–Crippen MR) is 121 cm³/mol. The van der Waals surface area contributed by atoms with Crippen LogP contribution in [0.4, 0.5) is 4.79 Å². The van der Waals surface area contributed by atoms with Crippen molar-refractivity contribution in [1.82, 2.24) is 16.2 Å². The summed E-state index contributed by atoms with van der Waals surface area (Å²) in [7, 11) is 0. The number of hydrogen-bond donors (Lipinski definition) is 4. The Labute approximate surface area is 194 Å². The lowest BCUT2D eigenvalue weighted by Gasteiger charge is -2.19. The molecule has 0 saturated heterocycles. The summed E-state index contributed by atoms with van der Waals surface area (Å²) >= 11 is 0. The SMILES string of the molecule is O=C(NNC(=O)C(NC(=O)C(=O)O)c1ccccc1)OCC1c2ccccc2-c2ccccc21. The van der Waals surface area contributed by atoms with Gasteiger partial charge in [-0.3, -0.25) is 15.0 Å². The quantitative estimate of drug-likeness (QED) is 0.342. The molecule has 9 heteroatoms. The number of carbonyl (C=O) groups excluding carboxylic acids is 3. The first kappa shape index (κ1) is 22.5. The van der Waals surface area contributed by atoms with Crippen molar-refractivity contribution in [3.05, 3.63) is 95.6 Å². The number of nitrogens with one attached hydrogen (secondary N) is 3. The molecule has 1 aliphatic rings. The van der Waals surface area contributed by atoms with Gasteiger partial charge in [0.2, 0.25) is 0 Å². The maximum absolute atomic E-state index is 12.6. The molecule has 0 spiro atoms. The second kappa shape index (κ2) is 9.86. The van der Waals surface area contributed by atoms with Crippen molar-refractivity contribution in [2.75, 3.05) is 6.61 Å². The lowest BCUT2D eigenvalue weighted by molar-refractivity contribution is -0.151. The summed E-state index contributed by atoms with van der Waals surface area (Å²) in [5.74, 6) is -4.08. The maximum Gasteiger partial charge on any atom is 0.426 e. The van der Waals surface area contributed by atoms with Crippen LogP contribution >= 0.6 is 0 Å². The predicted octanol–water partition coefficient (Wildman–Crippen LogP) is 2.50. The molecule has 172 valence electrons. The van der Waals surface area contributed by atoms with Crippen LogP contribution in [0.1, 0.15) is 28.7 Å². The van der Waals surface area contributed by atoms with Crippen molar-refractivity contribution in [2.24, 2.45) is 0 Å². The van der Waals surface area contributed by atoms with E-state index in [9.17, 15) is 19.2 Å². The number of benzene rings is 3. The van der Waals surface area contributed by atoms with Crippen LogP contribution in [0.5, 0.6) is 0 Å². The van der Waals surface area contributed by atoms with Gasteiger partial charge in [0, 0.05) is 5.92 Å². The molecular weight excluding hydrogens is 438 g/mol. The third-order valence-corrected chi connectivity index (χ3v) is 5.50. The van der Waals surface area contributed by atoms with Gasteiger partial charge < -0.3 is 15.2 Å². The Morgan fingerprint density at radius 2 is 1.35 bits per heavy atom. The van der Waals surface area contributed by atoms with Gasteiger partial charge in [-0.05, 0) is 27.8 Å². The van der Waals surface area contributed by atoms with E-state index in [-0.39, 0.29) is 12.5 Å². The fourth-order valence-electron chi connectivity index (χ4n) is 3.96. The number of carboxylic acids is 1. The molecule has 0 saturated carbocycles. The summed E-state index contributed by atoms with van der Waals surface area (Å²) < 4.78 is 5.35. The van der Waals surface area contributed by atoms with Crippen LogP contribution in [0.3, 0.4) is 0 Å². The molecule has 3 aromatic rings. The number of hydrazine groups is 1. The van der Waals surface area contributed by atoms with Gasteiger partial charge in [-0.1, -0.05) is 78.9 Å². The monoisotopic (exact) mass is 459 g/mol. The third-order valence-electron chi connectivity index (χ3n) is 5.50. The van der Waals surface area contributed by atoms with Crippen LogP contribution in [-0.2, 0) is 19.1 Å². The topological polar surface area (TPSA) is 134 Å². The first-order valence-electron chi connectivity index (χ1n) is 10.4. The Hall–Kier alpha value is -4.66. The number of rotatable bonds is 5. The van der Waals surface area contributed by atoms with Gasteiger partial charge in [0.05, 0.1) is 0 Å². The van der Waals surface area contributed by atoms with Crippen molar-refractivity contribution < 1.29 is 29.0 Å². The highest BCUT2D eigenvalue weighted by Gasteiger charge is 2.29. The van der Waals surface area contributed by atoms with E-state index in [0.29, 0.717) is 5.56 Å². The highest BCUT2D eigenvalue weighted by molar-refractivity contribution is 6.32. The van der Waals surface area contributed by atoms with Crippen LogP contribution in [0.15, 0.2) is 78.9 Å². The minimum Gasteiger partial charge on any atom is -0.474 e. The average Bonchev–Trinajstić information content (AvgIpc) is 3.18. The van der Waals surface area contributed by atoms with Crippen LogP contribution in [0, 0.1) is 0 Å². The molecule has 3 amide bonds. The van der Waals surface area contributed by atoms with E-state index in [1.807, 2.05) is 48.5 Å². The minimum atomic E-state index is -1.74. The second-order valence-electron chi connectivity index (χ2n) is 7.56. The molecule has 0 fully saturated rings. The van der Waals surface area contributed by atoms with Gasteiger partial charge in [-0.25, -0.2) is 15.0 Å². The second-order valence-corrected chi connectivity index (χ2v) is 7.56. The van der Waals surface area contributed by atoms with Crippen molar-refractivity contribution in [1.29, 1.82) is 0 Å². The van der Waals surface area contributed by atoms with Gasteiger partial charge in [0.25, 0.3) is 5.91 Å². The van der Waals surface area contributed by atoms with E-state index < -0.39 is 29.9 Å². The standard InChI is InChI=1S/C25H21N3O6/c29-22(21(26-23(30)24(31)32)15-8-2-1-3-9-15)27-28-25(33)34-14-20-18-12-6-4-10-16(18)17-11-5-7-13-19(17)20/h1-13,20-21H,14H2,(H,26,30)(H,27,29)(H,28,33)(H,31,32). The Morgan fingerprint density at radius 3 is 1.94 bits per heavy atom. The molecule has 1 unspecified atom stereocenters. The number of carboxylic acid groups (broad SMARTS) is 1. The molecule has 0 bridgehead atoms. The first-order valence-corrected chi connectivity index (χ1v) is 10.4. The van der Waals surface area contributed by atoms with Crippen molar-refractivity contribution >= 4 is 23.9 Å². The maximum atomic E-state index is 12.6. The van der Waals surface area contributed by atoms with E-state index in [4.69, 9.17) is 9.84 Å². The van der Waals surface area contributed by atoms with E-state index in [1.165, 1.54) is 0 Å². The number of carbonyl (C=O) groups is 4. The van der Waals surface area contributed by atoms with Crippen molar-refractivity contribution in [2.45, 2.75) is 12.0 Å². The number of hydrogen-bond acceptors (Lipinski definition) is 5. The lowest BCUT2D eigenvalue weighted by Crippen LogP contribution is -2.49. The van der Waals surface area contributed by atoms with Crippen LogP contribution < -0.4 is 16.2 Å². The molecular formula is C25H21N3O6. The molecule has 34 heavy (non-hydrogen) atoms. The van der Waals surface area contributed by atoms with Crippen LogP contribution in [-0.4, -0.2) is 35.6 Å². The third kappa shape index (κ3) is 4.73. The smallest absolute Gasteiger partial charge is 0.426 e. The summed E-state index contributed by atoms with van der Waals surface area (Å²) in [6.45, 7) is 0.0492. The molecule has 4 rings (SSSR count). The molecule has 3 aromatic carbocycles. The molecule has 9 nitrogen and oxygen atoms in total. The van der Waals surface area contributed by atoms with E-state index >= 15 is 0 Å². The normalized spacial score (nSPS) is 12.6. The van der Waals surface area contributed by atoms with Gasteiger partial charge in [-0.2, -0.15) is 0 Å². The fourth-order valence-corrected chi connectivity index (χ4v) is 3.96. The largest absolute Gasteiger partial charge is 0.474 e. The van der Waals surface area contributed by atoms with Gasteiger partial charge >= 0.3 is 18.0 Å². The van der Waals surface area contributed by atoms with E-state index in [1.54, 1.807) is 30.3 Å². The van der Waals surface area contributed by atoms with Crippen molar-refractivity contribution in [3.8, 4) is 11.1 Å². The van der Waals surface area contributed by atoms with Gasteiger partial charge in [-0.15, -0.1) is 0 Å². The summed E-state index contributed by atoms with van der Waals surface area (Å²) in [6.07, 6.45) is -0.897. The Balaban J connectivity index is 1.38. The van der Waals surface area contributed by atoms with E-state index in [0.717, 1.165) is 22.3 Å². The summed E-state index contributed by atoms with van der Waals surface area (Å²) in [5, 5.41) is 11.0. The van der Waals surface area contributed by atoms with Gasteiger partial charge in [0.15, 0.2) is 0 Å². The molecule has 1 aliphatic carbocycles. The molecule has 1 atom stereocenters. The summed E-state index contributed by atoms with van der Waals surface area (Å²) in [5.41, 5.74) is 8.90. The minimum absolute atomic E-state index is 0.0492. The summed E-state index contributed by atoms with van der Waals surface area (Å²) in [4.78, 5) is 47.4. The van der Waals surface area contributed by atoms with E-state index in [2.05, 4.69) is 16.2 Å². The highest BCUT2D eigenvalue weighted by Crippen LogP contribution is 2.44. The zero-order chi connectivity index (χ0) is 24.1. The number of ether oxygens (including phenoxy) is 1. The molecule has 0 heterocycles. The van der Waals surface area contributed by atoms with Gasteiger partial charge in [0.1, 0.15) is 12.6 Å².